The first-order valence-electron chi connectivity index (χ1n) is 8.47. The Morgan fingerprint density at radius 3 is 2.52 bits per heavy atom. The number of carboxylic acid groups (broad SMARTS) is 1. The number of hydrogen-bond acceptors (Lipinski definition) is 3. The van der Waals surface area contributed by atoms with Gasteiger partial charge in [0.1, 0.15) is 0 Å². The van der Waals surface area contributed by atoms with Crippen molar-refractivity contribution in [3.63, 3.8) is 0 Å². The summed E-state index contributed by atoms with van der Waals surface area (Å²) in [4.78, 5) is 39.5. The molecule has 0 aliphatic carbocycles. The SMILES string of the molecule is CC(c1cccc2ccccc12)n1c(=O)[nH]c2ccc(C(=O)O)cc2c1=O. The van der Waals surface area contributed by atoms with Crippen LogP contribution in [0.1, 0.15) is 28.9 Å². The van der Waals surface area contributed by atoms with Crippen molar-refractivity contribution in [1.82, 2.24) is 9.55 Å². The molecular formula is C21H16N2O4. The number of aromatic amines is 1. The summed E-state index contributed by atoms with van der Waals surface area (Å²) < 4.78 is 1.13. The third kappa shape index (κ3) is 2.71. The van der Waals surface area contributed by atoms with Crippen molar-refractivity contribution in [3.8, 4) is 0 Å². The molecule has 0 saturated heterocycles. The van der Waals surface area contributed by atoms with Crippen molar-refractivity contribution in [2.75, 3.05) is 0 Å². The summed E-state index contributed by atoms with van der Waals surface area (Å²) in [5, 5.41) is 11.3. The van der Waals surface area contributed by atoms with E-state index in [0.717, 1.165) is 20.9 Å². The lowest BCUT2D eigenvalue weighted by molar-refractivity contribution is 0.0697. The molecule has 0 aliphatic heterocycles. The topological polar surface area (TPSA) is 92.2 Å². The molecule has 4 rings (SSSR count). The zero-order valence-electron chi connectivity index (χ0n) is 14.5. The van der Waals surface area contributed by atoms with E-state index in [0.29, 0.717) is 5.52 Å². The summed E-state index contributed by atoms with van der Waals surface area (Å²) in [7, 11) is 0. The maximum Gasteiger partial charge on any atom is 0.335 e. The summed E-state index contributed by atoms with van der Waals surface area (Å²) in [6, 6.07) is 17.1. The predicted molar refractivity (Wildman–Crippen MR) is 104 cm³/mol. The van der Waals surface area contributed by atoms with Crippen molar-refractivity contribution in [3.05, 3.63) is 92.6 Å². The van der Waals surface area contributed by atoms with Gasteiger partial charge in [0.15, 0.2) is 0 Å². The third-order valence-corrected chi connectivity index (χ3v) is 4.84. The Bertz CT molecular complexity index is 1310. The minimum absolute atomic E-state index is 0.00369. The molecule has 6 nitrogen and oxygen atoms in total. The maximum atomic E-state index is 13.0. The summed E-state index contributed by atoms with van der Waals surface area (Å²) in [5.41, 5.74) is 0.107. The lowest BCUT2D eigenvalue weighted by atomic mass is 9.99. The highest BCUT2D eigenvalue weighted by atomic mass is 16.4. The molecule has 0 fully saturated rings. The molecule has 0 radical (unpaired) electrons. The van der Waals surface area contributed by atoms with Crippen molar-refractivity contribution in [2.45, 2.75) is 13.0 Å². The number of nitrogens with one attached hydrogen (secondary N) is 1. The van der Waals surface area contributed by atoms with Crippen LogP contribution >= 0.6 is 0 Å². The molecule has 1 aromatic heterocycles. The van der Waals surface area contributed by atoms with E-state index in [1.54, 1.807) is 6.92 Å². The van der Waals surface area contributed by atoms with Gasteiger partial charge in [-0.2, -0.15) is 0 Å². The van der Waals surface area contributed by atoms with E-state index < -0.39 is 23.3 Å². The number of benzene rings is 3. The average molecular weight is 360 g/mol. The lowest BCUT2D eigenvalue weighted by Gasteiger charge is -2.17. The van der Waals surface area contributed by atoms with Crippen molar-refractivity contribution in [1.29, 1.82) is 0 Å². The van der Waals surface area contributed by atoms with Crippen LogP contribution in [0.3, 0.4) is 0 Å². The number of aromatic nitrogens is 2. The fourth-order valence-corrected chi connectivity index (χ4v) is 3.47. The van der Waals surface area contributed by atoms with E-state index in [1.165, 1.54) is 18.2 Å². The fraction of sp³-hybridized carbons (Fsp3) is 0.0952. The van der Waals surface area contributed by atoms with Gasteiger partial charge in [-0.1, -0.05) is 42.5 Å². The Morgan fingerprint density at radius 1 is 1.00 bits per heavy atom. The molecule has 6 heteroatoms. The Hall–Kier alpha value is -3.67. The zero-order chi connectivity index (χ0) is 19.1. The third-order valence-electron chi connectivity index (χ3n) is 4.84. The summed E-state index contributed by atoms with van der Waals surface area (Å²) in [5.74, 6) is -1.13. The monoisotopic (exact) mass is 360 g/mol. The van der Waals surface area contributed by atoms with E-state index >= 15 is 0 Å². The van der Waals surface area contributed by atoms with Gasteiger partial charge in [-0.3, -0.25) is 9.36 Å². The molecule has 1 atom stereocenters. The maximum absolute atomic E-state index is 13.0. The van der Waals surface area contributed by atoms with Crippen molar-refractivity contribution in [2.24, 2.45) is 0 Å². The second-order valence-electron chi connectivity index (χ2n) is 6.42. The van der Waals surface area contributed by atoms with Gasteiger partial charge in [-0.05, 0) is 41.5 Å². The first-order chi connectivity index (χ1) is 13.0. The van der Waals surface area contributed by atoms with Gasteiger partial charge in [0.05, 0.1) is 22.5 Å². The van der Waals surface area contributed by atoms with Crippen LogP contribution < -0.4 is 11.2 Å². The summed E-state index contributed by atoms with van der Waals surface area (Å²) in [6.45, 7) is 1.78. The predicted octanol–water partition coefficient (Wildman–Crippen LogP) is 3.15. The molecule has 0 aliphatic rings. The minimum atomic E-state index is -1.13. The molecule has 1 heterocycles. The normalized spacial score (nSPS) is 12.3. The van der Waals surface area contributed by atoms with Gasteiger partial charge in [0.25, 0.3) is 5.56 Å². The van der Waals surface area contributed by atoms with Crippen LogP contribution in [0.25, 0.3) is 21.7 Å². The van der Waals surface area contributed by atoms with Gasteiger partial charge in [0, 0.05) is 0 Å². The molecular weight excluding hydrogens is 344 g/mol. The molecule has 4 aromatic rings. The standard InChI is InChI=1S/C21H16N2O4/c1-12(15-8-4-6-13-5-2-3-7-16(13)15)23-19(24)17-11-14(20(25)26)9-10-18(17)22-21(23)27/h2-12H,1H3,(H,22,27)(H,25,26). The fourth-order valence-electron chi connectivity index (χ4n) is 3.47. The second-order valence-corrected chi connectivity index (χ2v) is 6.42. The molecule has 0 bridgehead atoms. The smallest absolute Gasteiger partial charge is 0.335 e. The van der Waals surface area contributed by atoms with Crippen LogP contribution in [-0.2, 0) is 0 Å². The molecule has 2 N–H and O–H groups in total. The molecule has 1 unspecified atom stereocenters. The van der Waals surface area contributed by atoms with Crippen molar-refractivity contribution >= 4 is 27.6 Å². The van der Waals surface area contributed by atoms with Crippen LogP contribution in [0, 0.1) is 0 Å². The van der Waals surface area contributed by atoms with Crippen LogP contribution in [-0.4, -0.2) is 20.6 Å². The van der Waals surface area contributed by atoms with Gasteiger partial charge in [0.2, 0.25) is 0 Å². The van der Waals surface area contributed by atoms with Gasteiger partial charge < -0.3 is 10.1 Å². The Kier molecular flexibility index (Phi) is 3.88. The van der Waals surface area contributed by atoms with E-state index in [9.17, 15) is 19.5 Å². The average Bonchev–Trinajstić information content (AvgIpc) is 2.67. The Labute approximate surface area is 153 Å². The first kappa shape index (κ1) is 16.8. The lowest BCUT2D eigenvalue weighted by Crippen LogP contribution is -2.37. The molecule has 0 saturated carbocycles. The highest BCUT2D eigenvalue weighted by Gasteiger charge is 2.18. The van der Waals surface area contributed by atoms with Gasteiger partial charge in [-0.15, -0.1) is 0 Å². The van der Waals surface area contributed by atoms with E-state index in [-0.39, 0.29) is 10.9 Å². The number of hydrogen-bond donors (Lipinski definition) is 2. The Balaban J connectivity index is 1.99. The number of carboxylic acids is 1. The summed E-state index contributed by atoms with van der Waals surface area (Å²) >= 11 is 0. The highest BCUT2D eigenvalue weighted by molar-refractivity contribution is 5.93. The van der Waals surface area contributed by atoms with E-state index in [4.69, 9.17) is 0 Å². The number of H-pyrrole nitrogens is 1. The van der Waals surface area contributed by atoms with Crippen molar-refractivity contribution < 1.29 is 9.90 Å². The van der Waals surface area contributed by atoms with Crippen LogP contribution in [0.2, 0.25) is 0 Å². The Morgan fingerprint density at radius 2 is 1.74 bits per heavy atom. The zero-order valence-corrected chi connectivity index (χ0v) is 14.5. The van der Waals surface area contributed by atoms with Crippen LogP contribution in [0.15, 0.2) is 70.3 Å². The van der Waals surface area contributed by atoms with E-state index in [2.05, 4.69) is 4.98 Å². The number of aromatic carboxylic acids is 1. The van der Waals surface area contributed by atoms with Crippen LogP contribution in [0.4, 0.5) is 0 Å². The van der Waals surface area contributed by atoms with Gasteiger partial charge >= 0.3 is 11.7 Å². The number of fused-ring (bicyclic) bond motifs is 2. The first-order valence-corrected chi connectivity index (χ1v) is 8.47. The quantitative estimate of drug-likeness (QED) is 0.587. The van der Waals surface area contributed by atoms with Gasteiger partial charge in [-0.25, -0.2) is 9.59 Å². The highest BCUT2D eigenvalue weighted by Crippen LogP contribution is 2.25. The second kappa shape index (κ2) is 6.25. The number of nitrogens with zero attached hydrogens (tertiary/aromatic N) is 1. The molecule has 134 valence electrons. The number of rotatable bonds is 3. The largest absolute Gasteiger partial charge is 0.478 e. The van der Waals surface area contributed by atoms with E-state index in [1.807, 2.05) is 42.5 Å². The molecule has 0 spiro atoms. The minimum Gasteiger partial charge on any atom is -0.478 e. The molecule has 27 heavy (non-hydrogen) atoms. The van der Waals surface area contributed by atoms with Crippen LogP contribution in [0.5, 0.6) is 0 Å². The summed E-state index contributed by atoms with van der Waals surface area (Å²) in [6.07, 6.45) is 0. The molecule has 0 amide bonds. The molecule has 3 aromatic carbocycles. The number of carbonyl (C=O) groups is 1.